The molecule has 0 amide bonds. The van der Waals surface area contributed by atoms with Crippen LogP contribution in [0.2, 0.25) is 0 Å². The molecule has 2 saturated heterocycles. The standard InChI is InChI=1S/C13H19BrN2S/c1-10-6-11(17-12(10)14)7-16-5-3-13(9-16)2-4-15-8-13/h6,15H,2-5,7-9H2,1H3. The maximum absolute atomic E-state index is 3.62. The molecular formula is C13H19BrN2S. The van der Waals surface area contributed by atoms with E-state index in [1.807, 2.05) is 11.3 Å². The SMILES string of the molecule is Cc1cc(CN2CCC3(CCNC3)C2)sc1Br. The minimum atomic E-state index is 0.601. The van der Waals surface area contributed by atoms with Gasteiger partial charge in [0.1, 0.15) is 0 Å². The number of rotatable bonds is 2. The number of aryl methyl sites for hydroxylation is 1. The van der Waals surface area contributed by atoms with Gasteiger partial charge in [-0.15, -0.1) is 11.3 Å². The summed E-state index contributed by atoms with van der Waals surface area (Å²) in [6.07, 6.45) is 2.75. The van der Waals surface area contributed by atoms with E-state index < -0.39 is 0 Å². The number of likely N-dealkylation sites (tertiary alicyclic amines) is 1. The maximum atomic E-state index is 3.62. The molecule has 0 radical (unpaired) electrons. The molecule has 0 aliphatic carbocycles. The second-order valence-electron chi connectivity index (χ2n) is 5.56. The van der Waals surface area contributed by atoms with Gasteiger partial charge in [-0.05, 0) is 65.8 Å². The highest BCUT2D eigenvalue weighted by molar-refractivity contribution is 9.11. The van der Waals surface area contributed by atoms with Crippen molar-refractivity contribution in [2.45, 2.75) is 26.3 Å². The Morgan fingerprint density at radius 1 is 1.53 bits per heavy atom. The van der Waals surface area contributed by atoms with Crippen LogP contribution in [0, 0.1) is 12.3 Å². The summed E-state index contributed by atoms with van der Waals surface area (Å²) in [5.41, 5.74) is 1.98. The molecule has 0 bridgehead atoms. The van der Waals surface area contributed by atoms with Crippen molar-refractivity contribution in [2.24, 2.45) is 5.41 Å². The number of nitrogens with one attached hydrogen (secondary N) is 1. The molecule has 2 aliphatic rings. The predicted molar refractivity (Wildman–Crippen MR) is 76.6 cm³/mol. The van der Waals surface area contributed by atoms with E-state index in [2.05, 4.69) is 39.1 Å². The van der Waals surface area contributed by atoms with E-state index in [-0.39, 0.29) is 0 Å². The van der Waals surface area contributed by atoms with Crippen LogP contribution in [0.3, 0.4) is 0 Å². The van der Waals surface area contributed by atoms with Crippen molar-refractivity contribution >= 4 is 27.3 Å². The summed E-state index contributed by atoms with van der Waals surface area (Å²) in [5.74, 6) is 0. The lowest BCUT2D eigenvalue weighted by atomic mass is 9.87. The first-order chi connectivity index (χ1) is 8.17. The van der Waals surface area contributed by atoms with E-state index in [9.17, 15) is 0 Å². The van der Waals surface area contributed by atoms with Gasteiger partial charge in [-0.2, -0.15) is 0 Å². The van der Waals surface area contributed by atoms with Gasteiger partial charge in [0.25, 0.3) is 0 Å². The summed E-state index contributed by atoms with van der Waals surface area (Å²) < 4.78 is 1.30. The van der Waals surface area contributed by atoms with E-state index in [0.29, 0.717) is 5.41 Å². The van der Waals surface area contributed by atoms with Crippen molar-refractivity contribution in [3.8, 4) is 0 Å². The number of nitrogens with zero attached hydrogens (tertiary/aromatic N) is 1. The van der Waals surface area contributed by atoms with Crippen LogP contribution >= 0.6 is 27.3 Å². The number of hydrogen-bond donors (Lipinski definition) is 1. The average molecular weight is 315 g/mol. The first-order valence-electron chi connectivity index (χ1n) is 6.35. The zero-order valence-electron chi connectivity index (χ0n) is 10.3. The van der Waals surface area contributed by atoms with Crippen molar-refractivity contribution in [1.82, 2.24) is 10.2 Å². The number of thiophene rings is 1. The third kappa shape index (κ3) is 2.46. The summed E-state index contributed by atoms with van der Waals surface area (Å²) in [4.78, 5) is 4.13. The Balaban J connectivity index is 1.63. The van der Waals surface area contributed by atoms with Crippen molar-refractivity contribution in [1.29, 1.82) is 0 Å². The third-order valence-electron chi connectivity index (χ3n) is 4.14. The molecule has 1 atom stereocenters. The first-order valence-corrected chi connectivity index (χ1v) is 7.96. The van der Waals surface area contributed by atoms with Crippen molar-refractivity contribution < 1.29 is 0 Å². The normalized spacial score (nSPS) is 29.5. The summed E-state index contributed by atoms with van der Waals surface area (Å²) in [7, 11) is 0. The summed E-state index contributed by atoms with van der Waals surface area (Å²) in [5, 5.41) is 3.52. The Morgan fingerprint density at radius 3 is 3.06 bits per heavy atom. The van der Waals surface area contributed by atoms with E-state index in [1.54, 1.807) is 0 Å². The fourth-order valence-electron chi connectivity index (χ4n) is 3.13. The van der Waals surface area contributed by atoms with Crippen LogP contribution in [0.25, 0.3) is 0 Å². The second-order valence-corrected chi connectivity index (χ2v) is 8.01. The van der Waals surface area contributed by atoms with Gasteiger partial charge in [-0.1, -0.05) is 0 Å². The molecule has 1 spiro atoms. The van der Waals surface area contributed by atoms with E-state index >= 15 is 0 Å². The molecule has 1 unspecified atom stereocenters. The van der Waals surface area contributed by atoms with Crippen LogP contribution in [0.4, 0.5) is 0 Å². The van der Waals surface area contributed by atoms with Gasteiger partial charge in [-0.3, -0.25) is 4.90 Å². The molecule has 1 N–H and O–H groups in total. The van der Waals surface area contributed by atoms with Crippen molar-refractivity contribution in [3.05, 3.63) is 20.3 Å². The molecule has 0 aromatic carbocycles. The summed E-state index contributed by atoms with van der Waals surface area (Å²) in [6.45, 7) is 8.33. The van der Waals surface area contributed by atoms with Crippen LogP contribution < -0.4 is 5.32 Å². The van der Waals surface area contributed by atoms with Gasteiger partial charge >= 0.3 is 0 Å². The molecule has 2 fully saturated rings. The van der Waals surface area contributed by atoms with Gasteiger partial charge in [-0.25, -0.2) is 0 Å². The molecule has 17 heavy (non-hydrogen) atoms. The van der Waals surface area contributed by atoms with Crippen LogP contribution in [0.15, 0.2) is 9.85 Å². The zero-order chi connectivity index (χ0) is 11.9. The molecule has 2 aliphatic heterocycles. The minimum Gasteiger partial charge on any atom is -0.316 e. The van der Waals surface area contributed by atoms with Crippen LogP contribution in [-0.4, -0.2) is 31.1 Å². The molecule has 3 rings (SSSR count). The van der Waals surface area contributed by atoms with Gasteiger partial charge in [0, 0.05) is 24.5 Å². The Kier molecular flexibility index (Phi) is 3.32. The topological polar surface area (TPSA) is 15.3 Å². The minimum absolute atomic E-state index is 0.601. The summed E-state index contributed by atoms with van der Waals surface area (Å²) in [6, 6.07) is 2.33. The molecule has 2 nitrogen and oxygen atoms in total. The lowest BCUT2D eigenvalue weighted by molar-refractivity contribution is 0.270. The van der Waals surface area contributed by atoms with Crippen molar-refractivity contribution in [2.75, 3.05) is 26.2 Å². The average Bonchev–Trinajstić information content (AvgIpc) is 2.96. The van der Waals surface area contributed by atoms with Crippen LogP contribution in [-0.2, 0) is 6.54 Å². The monoisotopic (exact) mass is 314 g/mol. The van der Waals surface area contributed by atoms with Crippen molar-refractivity contribution in [3.63, 3.8) is 0 Å². The van der Waals surface area contributed by atoms with Gasteiger partial charge < -0.3 is 5.32 Å². The molecular weight excluding hydrogens is 296 g/mol. The molecule has 3 heterocycles. The third-order valence-corrected chi connectivity index (χ3v) is 6.26. The highest BCUT2D eigenvalue weighted by atomic mass is 79.9. The van der Waals surface area contributed by atoms with E-state index in [4.69, 9.17) is 0 Å². The van der Waals surface area contributed by atoms with E-state index in [1.165, 1.54) is 53.2 Å². The highest BCUT2D eigenvalue weighted by Crippen LogP contribution is 2.37. The zero-order valence-corrected chi connectivity index (χ0v) is 12.7. The quantitative estimate of drug-likeness (QED) is 0.902. The smallest absolute Gasteiger partial charge is 0.0730 e. The number of hydrogen-bond acceptors (Lipinski definition) is 3. The number of halogens is 1. The largest absolute Gasteiger partial charge is 0.316 e. The molecule has 1 aromatic heterocycles. The van der Waals surface area contributed by atoms with E-state index in [0.717, 1.165) is 6.54 Å². The Hall–Kier alpha value is 0.100. The van der Waals surface area contributed by atoms with Gasteiger partial charge in [0.05, 0.1) is 3.79 Å². The lowest BCUT2D eigenvalue weighted by Crippen LogP contribution is -2.28. The molecule has 0 saturated carbocycles. The van der Waals surface area contributed by atoms with Gasteiger partial charge in [0.2, 0.25) is 0 Å². The second kappa shape index (κ2) is 4.65. The molecule has 1 aromatic rings. The maximum Gasteiger partial charge on any atom is 0.0730 e. The van der Waals surface area contributed by atoms with Gasteiger partial charge in [0.15, 0.2) is 0 Å². The fourth-order valence-corrected chi connectivity index (χ4v) is 4.80. The molecule has 94 valence electrons. The Labute approximate surface area is 116 Å². The lowest BCUT2D eigenvalue weighted by Gasteiger charge is -2.22. The highest BCUT2D eigenvalue weighted by Gasteiger charge is 2.40. The van der Waals surface area contributed by atoms with Crippen LogP contribution in [0.1, 0.15) is 23.3 Å². The van der Waals surface area contributed by atoms with Crippen LogP contribution in [0.5, 0.6) is 0 Å². The fraction of sp³-hybridized carbons (Fsp3) is 0.692. The Morgan fingerprint density at radius 2 is 2.41 bits per heavy atom. The first kappa shape index (κ1) is 12.2. The summed E-state index contributed by atoms with van der Waals surface area (Å²) >= 11 is 5.51. The molecule has 4 heteroatoms. The Bertz CT molecular complexity index is 390. The predicted octanol–water partition coefficient (Wildman–Crippen LogP) is 3.00.